The van der Waals surface area contributed by atoms with Crippen LogP contribution in [-0.2, 0) is 0 Å². The molecule has 0 unspecified atom stereocenters. The Morgan fingerprint density at radius 1 is 1.19 bits per heavy atom. The molecule has 2 heterocycles. The predicted octanol–water partition coefficient (Wildman–Crippen LogP) is 1.78. The average Bonchev–Trinajstić information content (AvgIpc) is 2.49. The molecule has 1 fully saturated rings. The molecule has 1 aliphatic heterocycles. The molecule has 1 saturated heterocycles. The fraction of sp³-hybridized carbons (Fsp3) is 0.750. The number of nitrogens with one attached hydrogen (secondary N) is 1. The molecule has 0 amide bonds. The van der Waals surface area contributed by atoms with Gasteiger partial charge in [0.15, 0.2) is 0 Å². The number of piperazine rings is 1. The molecule has 5 heteroatoms. The standard InChI is InChI=1S/C16H29N5/c1-5-20-6-8-21(9-7-20)12-13(2)10-18-16-15(4)17-11-14(3)19-16/h11,13H,5-10,12H2,1-4H3,(H,18,19)/t13-/m0/s1. The number of anilines is 1. The Morgan fingerprint density at radius 3 is 2.52 bits per heavy atom. The molecule has 118 valence electrons. The normalized spacial score (nSPS) is 18.7. The van der Waals surface area contributed by atoms with Crippen molar-refractivity contribution in [2.45, 2.75) is 27.7 Å². The minimum atomic E-state index is 0.611. The predicted molar refractivity (Wildman–Crippen MR) is 87.7 cm³/mol. The number of hydrogen-bond acceptors (Lipinski definition) is 5. The van der Waals surface area contributed by atoms with E-state index in [-0.39, 0.29) is 0 Å². The van der Waals surface area contributed by atoms with Gasteiger partial charge in [0.25, 0.3) is 0 Å². The number of hydrogen-bond donors (Lipinski definition) is 1. The van der Waals surface area contributed by atoms with Crippen LogP contribution in [0.3, 0.4) is 0 Å². The quantitative estimate of drug-likeness (QED) is 0.865. The Morgan fingerprint density at radius 2 is 1.86 bits per heavy atom. The highest BCUT2D eigenvalue weighted by atomic mass is 15.3. The van der Waals surface area contributed by atoms with Crippen LogP contribution < -0.4 is 5.32 Å². The lowest BCUT2D eigenvalue weighted by molar-refractivity contribution is 0.126. The molecule has 0 spiro atoms. The van der Waals surface area contributed by atoms with Gasteiger partial charge in [-0.3, -0.25) is 4.98 Å². The van der Waals surface area contributed by atoms with Crippen LogP contribution in [0.4, 0.5) is 5.82 Å². The molecular formula is C16H29N5. The van der Waals surface area contributed by atoms with E-state index in [2.05, 4.69) is 38.9 Å². The van der Waals surface area contributed by atoms with E-state index in [1.54, 1.807) is 0 Å². The van der Waals surface area contributed by atoms with Crippen molar-refractivity contribution in [2.75, 3.05) is 51.1 Å². The van der Waals surface area contributed by atoms with Crippen LogP contribution in [0, 0.1) is 19.8 Å². The van der Waals surface area contributed by atoms with Gasteiger partial charge in [-0.25, -0.2) is 4.98 Å². The van der Waals surface area contributed by atoms with E-state index in [0.717, 1.165) is 30.3 Å². The first-order valence-corrected chi connectivity index (χ1v) is 8.07. The monoisotopic (exact) mass is 291 g/mol. The highest BCUT2D eigenvalue weighted by molar-refractivity contribution is 5.39. The molecular weight excluding hydrogens is 262 g/mol. The van der Waals surface area contributed by atoms with Gasteiger partial charge in [0.05, 0.1) is 11.4 Å². The molecule has 2 rings (SSSR count). The molecule has 1 aromatic rings. The molecule has 0 aliphatic carbocycles. The Hall–Kier alpha value is -1.20. The minimum absolute atomic E-state index is 0.611. The summed E-state index contributed by atoms with van der Waals surface area (Å²) in [6.07, 6.45) is 1.82. The van der Waals surface area contributed by atoms with E-state index in [1.807, 2.05) is 20.0 Å². The minimum Gasteiger partial charge on any atom is -0.368 e. The zero-order chi connectivity index (χ0) is 15.2. The van der Waals surface area contributed by atoms with Crippen molar-refractivity contribution < 1.29 is 0 Å². The summed E-state index contributed by atoms with van der Waals surface area (Å²) in [4.78, 5) is 14.0. The maximum atomic E-state index is 4.52. The van der Waals surface area contributed by atoms with Gasteiger partial charge < -0.3 is 15.1 Å². The van der Waals surface area contributed by atoms with Crippen molar-refractivity contribution >= 4 is 5.82 Å². The van der Waals surface area contributed by atoms with Gasteiger partial charge in [-0.05, 0) is 26.3 Å². The molecule has 1 aromatic heterocycles. The third-order valence-electron chi connectivity index (χ3n) is 4.18. The van der Waals surface area contributed by atoms with Crippen molar-refractivity contribution in [2.24, 2.45) is 5.92 Å². The van der Waals surface area contributed by atoms with Gasteiger partial charge in [-0.1, -0.05) is 13.8 Å². The van der Waals surface area contributed by atoms with Gasteiger partial charge in [-0.2, -0.15) is 0 Å². The summed E-state index contributed by atoms with van der Waals surface area (Å²) in [5, 5.41) is 3.45. The van der Waals surface area contributed by atoms with Crippen LogP contribution in [0.25, 0.3) is 0 Å². The van der Waals surface area contributed by atoms with Crippen LogP contribution in [0.2, 0.25) is 0 Å². The van der Waals surface area contributed by atoms with E-state index in [0.29, 0.717) is 5.92 Å². The van der Waals surface area contributed by atoms with Crippen LogP contribution in [0.1, 0.15) is 25.2 Å². The SMILES string of the molecule is CCN1CCN(C[C@@H](C)CNc2nc(C)cnc2C)CC1. The van der Waals surface area contributed by atoms with Gasteiger partial charge in [0.1, 0.15) is 5.82 Å². The average molecular weight is 291 g/mol. The smallest absolute Gasteiger partial charge is 0.147 e. The summed E-state index contributed by atoms with van der Waals surface area (Å²) < 4.78 is 0. The van der Waals surface area contributed by atoms with Crippen molar-refractivity contribution in [1.82, 2.24) is 19.8 Å². The summed E-state index contributed by atoms with van der Waals surface area (Å²) in [7, 11) is 0. The van der Waals surface area contributed by atoms with Crippen LogP contribution in [0.15, 0.2) is 6.20 Å². The highest BCUT2D eigenvalue weighted by Crippen LogP contribution is 2.11. The molecule has 0 bridgehead atoms. The van der Waals surface area contributed by atoms with Gasteiger partial charge in [0, 0.05) is 45.5 Å². The fourth-order valence-corrected chi connectivity index (χ4v) is 2.77. The maximum Gasteiger partial charge on any atom is 0.147 e. The number of nitrogens with zero attached hydrogens (tertiary/aromatic N) is 4. The fourth-order valence-electron chi connectivity index (χ4n) is 2.77. The zero-order valence-electron chi connectivity index (χ0n) is 13.9. The summed E-state index contributed by atoms with van der Waals surface area (Å²) in [6.45, 7) is 16.6. The van der Waals surface area contributed by atoms with Gasteiger partial charge in [0.2, 0.25) is 0 Å². The van der Waals surface area contributed by atoms with Crippen LogP contribution >= 0.6 is 0 Å². The van der Waals surface area contributed by atoms with Crippen molar-refractivity contribution in [3.05, 3.63) is 17.6 Å². The lowest BCUT2D eigenvalue weighted by Crippen LogP contribution is -2.47. The summed E-state index contributed by atoms with van der Waals surface area (Å²) in [6, 6.07) is 0. The maximum absolute atomic E-state index is 4.52. The Kier molecular flexibility index (Phi) is 5.94. The third-order valence-corrected chi connectivity index (χ3v) is 4.18. The molecule has 0 radical (unpaired) electrons. The molecule has 1 aliphatic rings. The van der Waals surface area contributed by atoms with Gasteiger partial charge in [-0.15, -0.1) is 0 Å². The van der Waals surface area contributed by atoms with Crippen molar-refractivity contribution in [1.29, 1.82) is 0 Å². The lowest BCUT2D eigenvalue weighted by atomic mass is 10.1. The van der Waals surface area contributed by atoms with E-state index in [9.17, 15) is 0 Å². The van der Waals surface area contributed by atoms with Crippen molar-refractivity contribution in [3.63, 3.8) is 0 Å². The van der Waals surface area contributed by atoms with E-state index in [4.69, 9.17) is 0 Å². The summed E-state index contributed by atoms with van der Waals surface area (Å²) >= 11 is 0. The molecule has 1 atom stereocenters. The number of aromatic nitrogens is 2. The first-order valence-electron chi connectivity index (χ1n) is 8.07. The van der Waals surface area contributed by atoms with E-state index in [1.165, 1.54) is 32.7 Å². The summed E-state index contributed by atoms with van der Waals surface area (Å²) in [5.41, 5.74) is 1.94. The molecule has 1 N–H and O–H groups in total. The third kappa shape index (κ3) is 4.93. The second-order valence-corrected chi connectivity index (χ2v) is 6.17. The van der Waals surface area contributed by atoms with E-state index < -0.39 is 0 Å². The summed E-state index contributed by atoms with van der Waals surface area (Å²) in [5.74, 6) is 1.54. The Balaban J connectivity index is 1.75. The highest BCUT2D eigenvalue weighted by Gasteiger charge is 2.17. The second-order valence-electron chi connectivity index (χ2n) is 6.17. The van der Waals surface area contributed by atoms with Gasteiger partial charge >= 0.3 is 0 Å². The van der Waals surface area contributed by atoms with E-state index >= 15 is 0 Å². The Bertz CT molecular complexity index is 440. The second kappa shape index (κ2) is 7.71. The number of rotatable bonds is 6. The molecule has 0 aromatic carbocycles. The Labute approximate surface area is 128 Å². The van der Waals surface area contributed by atoms with Crippen LogP contribution in [0.5, 0.6) is 0 Å². The zero-order valence-corrected chi connectivity index (χ0v) is 13.9. The number of likely N-dealkylation sites (N-methyl/N-ethyl adjacent to an activating group) is 1. The topological polar surface area (TPSA) is 44.3 Å². The lowest BCUT2D eigenvalue weighted by Gasteiger charge is -2.35. The molecule has 0 saturated carbocycles. The first kappa shape index (κ1) is 16.2. The largest absolute Gasteiger partial charge is 0.368 e. The molecule has 5 nitrogen and oxygen atoms in total. The van der Waals surface area contributed by atoms with Crippen molar-refractivity contribution in [3.8, 4) is 0 Å². The van der Waals surface area contributed by atoms with Crippen LogP contribution in [-0.4, -0.2) is 65.6 Å². The first-order chi connectivity index (χ1) is 10.1. The number of aryl methyl sites for hydroxylation is 2. The molecule has 21 heavy (non-hydrogen) atoms.